The minimum absolute atomic E-state index is 0.00966. The third-order valence-corrected chi connectivity index (χ3v) is 2.39. The van der Waals surface area contributed by atoms with Crippen LogP contribution in [0.1, 0.15) is 19.5 Å². The van der Waals surface area contributed by atoms with E-state index in [0.717, 1.165) is 23.5 Å². The number of pyridine rings is 2. The van der Waals surface area contributed by atoms with E-state index in [4.69, 9.17) is 0 Å². The van der Waals surface area contributed by atoms with Crippen LogP contribution in [-0.4, -0.2) is 9.97 Å². The van der Waals surface area contributed by atoms with E-state index in [1.807, 2.05) is 36.4 Å². The molecule has 0 saturated heterocycles. The number of aromatic nitrogens is 2. The molecule has 2 aromatic rings. The summed E-state index contributed by atoms with van der Waals surface area (Å²) in [5.74, 6) is 0. The summed E-state index contributed by atoms with van der Waals surface area (Å²) in [6.07, 6.45) is 2.66. The molecule has 0 aliphatic heterocycles. The quantitative estimate of drug-likeness (QED) is 0.798. The van der Waals surface area contributed by atoms with E-state index in [1.165, 1.54) is 0 Å². The molecule has 0 N–H and O–H groups in total. The van der Waals surface area contributed by atoms with Gasteiger partial charge in [0.05, 0.1) is 11.4 Å². The highest BCUT2D eigenvalue weighted by molar-refractivity contribution is 5.53. The molecule has 2 heterocycles. The van der Waals surface area contributed by atoms with Gasteiger partial charge < -0.3 is 0 Å². The summed E-state index contributed by atoms with van der Waals surface area (Å²) in [5, 5.41) is 0. The molecule has 0 aromatic carbocycles. The van der Waals surface area contributed by atoms with E-state index in [2.05, 4.69) is 30.7 Å². The van der Waals surface area contributed by atoms with Crippen molar-refractivity contribution in [2.24, 2.45) is 5.41 Å². The molecule has 17 heavy (non-hydrogen) atoms. The second-order valence-electron chi connectivity index (χ2n) is 5.07. The zero-order valence-corrected chi connectivity index (χ0v) is 10.4. The molecule has 0 saturated carbocycles. The summed E-state index contributed by atoms with van der Waals surface area (Å²) in [5.41, 5.74) is 2.91. The molecular weight excluding hydrogens is 208 g/mol. The van der Waals surface area contributed by atoms with Gasteiger partial charge in [0.1, 0.15) is 0 Å². The molecule has 2 nitrogen and oxygen atoms in total. The van der Waals surface area contributed by atoms with Gasteiger partial charge in [0, 0.05) is 11.9 Å². The summed E-state index contributed by atoms with van der Waals surface area (Å²) >= 11 is 0. The van der Waals surface area contributed by atoms with E-state index in [1.54, 1.807) is 6.20 Å². The van der Waals surface area contributed by atoms with Gasteiger partial charge in [-0.25, -0.2) is 0 Å². The molecule has 1 radical (unpaired) electrons. The highest BCUT2D eigenvalue weighted by Gasteiger charge is 2.12. The molecule has 0 fully saturated rings. The van der Waals surface area contributed by atoms with Crippen molar-refractivity contribution in [2.75, 3.05) is 0 Å². The third-order valence-electron chi connectivity index (χ3n) is 2.39. The highest BCUT2D eigenvalue weighted by atomic mass is 14.8. The standard InChI is InChI=1S/C15H17N2/c1-15(2,3)11-12-7-6-9-14(17-12)13-8-4-5-10-16-13/h4-10H,1,11H2,2-3H3. The van der Waals surface area contributed by atoms with Crippen molar-refractivity contribution in [3.8, 4) is 11.4 Å². The van der Waals surface area contributed by atoms with Crippen LogP contribution in [0.4, 0.5) is 0 Å². The van der Waals surface area contributed by atoms with Gasteiger partial charge in [0.25, 0.3) is 0 Å². The van der Waals surface area contributed by atoms with Crippen LogP contribution in [-0.2, 0) is 6.42 Å². The van der Waals surface area contributed by atoms with Crippen molar-refractivity contribution < 1.29 is 0 Å². The Hall–Kier alpha value is -1.70. The van der Waals surface area contributed by atoms with Gasteiger partial charge >= 0.3 is 0 Å². The van der Waals surface area contributed by atoms with Crippen molar-refractivity contribution in [1.29, 1.82) is 0 Å². The lowest BCUT2D eigenvalue weighted by Gasteiger charge is -2.17. The summed E-state index contributed by atoms with van der Waals surface area (Å²) in [6, 6.07) is 11.9. The fraction of sp³-hybridized carbons (Fsp3) is 0.267. The number of hydrogen-bond acceptors (Lipinski definition) is 2. The van der Waals surface area contributed by atoms with Crippen LogP contribution in [0.15, 0.2) is 42.6 Å². The molecule has 2 heteroatoms. The zero-order valence-electron chi connectivity index (χ0n) is 10.4. The molecule has 0 atom stereocenters. The van der Waals surface area contributed by atoms with Crippen molar-refractivity contribution in [1.82, 2.24) is 9.97 Å². The van der Waals surface area contributed by atoms with Gasteiger partial charge in [0.2, 0.25) is 0 Å². The SMILES string of the molecule is [CH2]C(C)(C)Cc1cccc(-c2ccccn2)n1. The number of hydrogen-bond donors (Lipinski definition) is 0. The Balaban J connectivity index is 2.29. The van der Waals surface area contributed by atoms with E-state index in [9.17, 15) is 0 Å². The Morgan fingerprint density at radius 2 is 1.82 bits per heavy atom. The Morgan fingerprint density at radius 3 is 2.47 bits per heavy atom. The highest BCUT2D eigenvalue weighted by Crippen LogP contribution is 2.21. The Kier molecular flexibility index (Phi) is 3.23. The van der Waals surface area contributed by atoms with Crippen LogP contribution in [0.5, 0.6) is 0 Å². The average Bonchev–Trinajstić information content (AvgIpc) is 2.28. The first-order chi connectivity index (χ1) is 8.04. The van der Waals surface area contributed by atoms with Crippen LogP contribution >= 0.6 is 0 Å². The van der Waals surface area contributed by atoms with Crippen LogP contribution in [0.2, 0.25) is 0 Å². The molecule has 2 aromatic heterocycles. The maximum Gasteiger partial charge on any atom is 0.0889 e. The van der Waals surface area contributed by atoms with E-state index < -0.39 is 0 Å². The first kappa shape index (κ1) is 11.8. The summed E-state index contributed by atoms with van der Waals surface area (Å²) in [4.78, 5) is 8.93. The summed E-state index contributed by atoms with van der Waals surface area (Å²) in [6.45, 7) is 8.34. The minimum Gasteiger partial charge on any atom is -0.255 e. The molecule has 2 rings (SSSR count). The van der Waals surface area contributed by atoms with Gasteiger partial charge in [-0.3, -0.25) is 9.97 Å². The molecular formula is C15H17N2. The lowest BCUT2D eigenvalue weighted by molar-refractivity contribution is 0.466. The fourth-order valence-corrected chi connectivity index (χ4v) is 1.73. The Bertz CT molecular complexity index is 484. The molecule has 0 aliphatic rings. The third kappa shape index (κ3) is 3.38. The molecule has 87 valence electrons. The van der Waals surface area contributed by atoms with E-state index in [0.29, 0.717) is 0 Å². The summed E-state index contributed by atoms with van der Waals surface area (Å²) < 4.78 is 0. The second-order valence-corrected chi connectivity index (χ2v) is 5.07. The van der Waals surface area contributed by atoms with E-state index >= 15 is 0 Å². The molecule has 0 amide bonds. The zero-order chi connectivity index (χ0) is 12.3. The number of nitrogens with zero attached hydrogens (tertiary/aromatic N) is 2. The van der Waals surface area contributed by atoms with Crippen molar-refractivity contribution in [3.05, 3.63) is 55.2 Å². The first-order valence-electron chi connectivity index (χ1n) is 5.77. The maximum absolute atomic E-state index is 4.63. The average molecular weight is 225 g/mol. The molecule has 0 unspecified atom stereocenters. The van der Waals surface area contributed by atoms with E-state index in [-0.39, 0.29) is 5.41 Å². The predicted octanol–water partition coefficient (Wildman–Crippen LogP) is 3.55. The largest absolute Gasteiger partial charge is 0.255 e. The van der Waals surface area contributed by atoms with Gasteiger partial charge in [-0.2, -0.15) is 0 Å². The molecule has 0 bridgehead atoms. The van der Waals surface area contributed by atoms with Crippen LogP contribution in [0.3, 0.4) is 0 Å². The van der Waals surface area contributed by atoms with Gasteiger partial charge in [-0.15, -0.1) is 0 Å². The van der Waals surface area contributed by atoms with Crippen LogP contribution in [0.25, 0.3) is 11.4 Å². The second kappa shape index (κ2) is 4.66. The minimum atomic E-state index is 0.00966. The van der Waals surface area contributed by atoms with Crippen molar-refractivity contribution >= 4 is 0 Å². The van der Waals surface area contributed by atoms with Gasteiger partial charge in [-0.1, -0.05) is 26.0 Å². The lowest BCUT2D eigenvalue weighted by Crippen LogP contribution is -2.11. The Morgan fingerprint density at radius 1 is 1.06 bits per heavy atom. The molecule has 0 aliphatic carbocycles. The monoisotopic (exact) mass is 225 g/mol. The number of rotatable bonds is 3. The maximum atomic E-state index is 4.63. The first-order valence-corrected chi connectivity index (χ1v) is 5.77. The van der Waals surface area contributed by atoms with Crippen LogP contribution < -0.4 is 0 Å². The fourth-order valence-electron chi connectivity index (χ4n) is 1.73. The van der Waals surface area contributed by atoms with Gasteiger partial charge in [-0.05, 0) is 43.0 Å². The lowest BCUT2D eigenvalue weighted by atomic mass is 9.90. The van der Waals surface area contributed by atoms with Crippen molar-refractivity contribution in [2.45, 2.75) is 20.3 Å². The van der Waals surface area contributed by atoms with Gasteiger partial charge in [0.15, 0.2) is 0 Å². The van der Waals surface area contributed by atoms with Crippen LogP contribution in [0, 0.1) is 12.3 Å². The summed E-state index contributed by atoms with van der Waals surface area (Å²) in [7, 11) is 0. The topological polar surface area (TPSA) is 25.8 Å². The predicted molar refractivity (Wildman–Crippen MR) is 70.3 cm³/mol. The normalized spacial score (nSPS) is 11.5. The Labute approximate surface area is 103 Å². The molecule has 0 spiro atoms. The smallest absolute Gasteiger partial charge is 0.0889 e. The van der Waals surface area contributed by atoms with Crippen molar-refractivity contribution in [3.63, 3.8) is 0 Å².